The van der Waals surface area contributed by atoms with Gasteiger partial charge < -0.3 is 10.5 Å². The SMILES string of the molecule is Cc1cc(Oc2c(Cl)cccc2CN)ccc1Cl. The molecule has 0 aliphatic carbocycles. The first-order valence-corrected chi connectivity index (χ1v) is 6.29. The lowest BCUT2D eigenvalue weighted by atomic mass is 10.2. The summed E-state index contributed by atoms with van der Waals surface area (Å²) in [6.45, 7) is 2.30. The van der Waals surface area contributed by atoms with E-state index in [-0.39, 0.29) is 0 Å². The van der Waals surface area contributed by atoms with Crippen LogP contribution in [0.4, 0.5) is 0 Å². The maximum Gasteiger partial charge on any atom is 0.150 e. The van der Waals surface area contributed by atoms with Crippen LogP contribution in [-0.2, 0) is 6.54 Å². The third-order valence-electron chi connectivity index (χ3n) is 2.62. The molecule has 18 heavy (non-hydrogen) atoms. The molecule has 2 N–H and O–H groups in total. The topological polar surface area (TPSA) is 35.2 Å². The Labute approximate surface area is 116 Å². The van der Waals surface area contributed by atoms with Gasteiger partial charge in [-0.25, -0.2) is 0 Å². The van der Waals surface area contributed by atoms with Crippen molar-refractivity contribution in [3.05, 3.63) is 57.6 Å². The molecule has 0 unspecified atom stereocenters. The van der Waals surface area contributed by atoms with E-state index >= 15 is 0 Å². The summed E-state index contributed by atoms with van der Waals surface area (Å²) in [6, 6.07) is 11.0. The molecular weight excluding hydrogens is 269 g/mol. The van der Waals surface area contributed by atoms with Crippen LogP contribution in [-0.4, -0.2) is 0 Å². The highest BCUT2D eigenvalue weighted by molar-refractivity contribution is 6.32. The first-order chi connectivity index (χ1) is 8.61. The van der Waals surface area contributed by atoms with Gasteiger partial charge in [0.25, 0.3) is 0 Å². The van der Waals surface area contributed by atoms with Crippen LogP contribution in [0.2, 0.25) is 10.0 Å². The number of halogens is 2. The zero-order valence-electron chi connectivity index (χ0n) is 9.91. The molecule has 2 aromatic rings. The summed E-state index contributed by atoms with van der Waals surface area (Å²) in [5.74, 6) is 1.29. The van der Waals surface area contributed by atoms with Gasteiger partial charge in [-0.2, -0.15) is 0 Å². The van der Waals surface area contributed by atoms with E-state index in [1.54, 1.807) is 18.2 Å². The fraction of sp³-hybridized carbons (Fsp3) is 0.143. The van der Waals surface area contributed by atoms with Gasteiger partial charge in [0, 0.05) is 17.1 Å². The van der Waals surface area contributed by atoms with Crippen LogP contribution in [0.1, 0.15) is 11.1 Å². The molecule has 2 aromatic carbocycles. The molecule has 94 valence electrons. The van der Waals surface area contributed by atoms with Gasteiger partial charge in [-0.1, -0.05) is 35.3 Å². The quantitative estimate of drug-likeness (QED) is 0.896. The molecule has 0 amide bonds. The summed E-state index contributed by atoms with van der Waals surface area (Å²) in [6.07, 6.45) is 0. The van der Waals surface area contributed by atoms with Gasteiger partial charge in [-0.3, -0.25) is 0 Å². The van der Waals surface area contributed by atoms with Crippen molar-refractivity contribution < 1.29 is 4.74 Å². The Morgan fingerprint density at radius 2 is 1.89 bits per heavy atom. The Morgan fingerprint density at radius 3 is 2.56 bits per heavy atom. The van der Waals surface area contributed by atoms with E-state index < -0.39 is 0 Å². The molecular formula is C14H13Cl2NO. The minimum atomic E-state index is 0.377. The van der Waals surface area contributed by atoms with Gasteiger partial charge in [-0.05, 0) is 36.8 Å². The molecule has 2 rings (SSSR count). The van der Waals surface area contributed by atoms with E-state index in [9.17, 15) is 0 Å². The molecule has 0 heterocycles. The summed E-state index contributed by atoms with van der Waals surface area (Å²) < 4.78 is 5.80. The number of benzene rings is 2. The van der Waals surface area contributed by atoms with E-state index in [4.69, 9.17) is 33.7 Å². The van der Waals surface area contributed by atoms with Gasteiger partial charge >= 0.3 is 0 Å². The lowest BCUT2D eigenvalue weighted by molar-refractivity contribution is 0.476. The number of ether oxygens (including phenoxy) is 1. The Hall–Kier alpha value is -1.22. The van der Waals surface area contributed by atoms with Crippen LogP contribution in [0.5, 0.6) is 11.5 Å². The third-order valence-corrected chi connectivity index (χ3v) is 3.34. The predicted molar refractivity (Wildman–Crippen MR) is 75.6 cm³/mol. The first-order valence-electron chi connectivity index (χ1n) is 5.53. The smallest absolute Gasteiger partial charge is 0.150 e. The highest BCUT2D eigenvalue weighted by Crippen LogP contribution is 2.33. The fourth-order valence-corrected chi connectivity index (χ4v) is 1.98. The van der Waals surface area contributed by atoms with Crippen LogP contribution in [0.25, 0.3) is 0 Å². The zero-order valence-corrected chi connectivity index (χ0v) is 11.4. The normalized spacial score (nSPS) is 10.4. The standard InChI is InChI=1S/C14H13Cl2NO/c1-9-7-11(5-6-12(9)15)18-14-10(8-17)3-2-4-13(14)16/h2-7H,8,17H2,1H3. The molecule has 4 heteroatoms. The Balaban J connectivity index is 2.36. The van der Waals surface area contributed by atoms with Crippen LogP contribution < -0.4 is 10.5 Å². The summed E-state index contributed by atoms with van der Waals surface area (Å²) >= 11 is 12.1. The van der Waals surface area contributed by atoms with Crippen LogP contribution >= 0.6 is 23.2 Å². The molecule has 0 saturated heterocycles. The summed E-state index contributed by atoms with van der Waals surface area (Å²) in [7, 11) is 0. The molecule has 0 fully saturated rings. The Bertz CT molecular complexity index is 570. The average Bonchev–Trinajstić information content (AvgIpc) is 2.36. The maximum atomic E-state index is 6.12. The molecule has 0 atom stereocenters. The van der Waals surface area contributed by atoms with Crippen molar-refractivity contribution in [1.82, 2.24) is 0 Å². The summed E-state index contributed by atoms with van der Waals surface area (Å²) in [5.41, 5.74) is 7.49. The van der Waals surface area contributed by atoms with Gasteiger partial charge in [0.05, 0.1) is 5.02 Å². The van der Waals surface area contributed by atoms with E-state index in [0.717, 1.165) is 11.1 Å². The Morgan fingerprint density at radius 1 is 1.11 bits per heavy atom. The van der Waals surface area contributed by atoms with Crippen molar-refractivity contribution in [2.75, 3.05) is 0 Å². The lowest BCUT2D eigenvalue weighted by Gasteiger charge is -2.12. The second-order valence-electron chi connectivity index (χ2n) is 3.95. The van der Waals surface area contributed by atoms with Crippen molar-refractivity contribution in [3.63, 3.8) is 0 Å². The number of hydrogen-bond donors (Lipinski definition) is 1. The van der Waals surface area contributed by atoms with Crippen LogP contribution in [0.3, 0.4) is 0 Å². The number of rotatable bonds is 3. The highest BCUT2D eigenvalue weighted by atomic mass is 35.5. The molecule has 0 spiro atoms. The largest absolute Gasteiger partial charge is 0.455 e. The van der Waals surface area contributed by atoms with Crippen LogP contribution in [0, 0.1) is 6.92 Å². The number of nitrogens with two attached hydrogens (primary N) is 1. The predicted octanol–water partition coefficient (Wildman–Crippen LogP) is 4.55. The van der Waals surface area contributed by atoms with Gasteiger partial charge in [0.1, 0.15) is 11.5 Å². The van der Waals surface area contributed by atoms with E-state index in [1.165, 1.54) is 0 Å². The second kappa shape index (κ2) is 5.61. The lowest BCUT2D eigenvalue weighted by Crippen LogP contribution is -1.99. The van der Waals surface area contributed by atoms with E-state index in [0.29, 0.717) is 28.1 Å². The van der Waals surface area contributed by atoms with Crippen molar-refractivity contribution in [1.29, 1.82) is 0 Å². The third kappa shape index (κ3) is 2.78. The average molecular weight is 282 g/mol. The molecule has 0 saturated carbocycles. The summed E-state index contributed by atoms with van der Waals surface area (Å²) in [4.78, 5) is 0. The second-order valence-corrected chi connectivity index (χ2v) is 4.76. The number of aryl methyl sites for hydroxylation is 1. The number of para-hydroxylation sites is 1. The fourth-order valence-electron chi connectivity index (χ4n) is 1.63. The highest BCUT2D eigenvalue weighted by Gasteiger charge is 2.09. The van der Waals surface area contributed by atoms with Gasteiger partial charge in [0.15, 0.2) is 0 Å². The van der Waals surface area contributed by atoms with E-state index in [2.05, 4.69) is 0 Å². The maximum absolute atomic E-state index is 6.12. The molecule has 2 nitrogen and oxygen atoms in total. The zero-order chi connectivity index (χ0) is 13.1. The number of hydrogen-bond acceptors (Lipinski definition) is 2. The van der Waals surface area contributed by atoms with Crippen molar-refractivity contribution >= 4 is 23.2 Å². The van der Waals surface area contributed by atoms with Gasteiger partial charge in [0.2, 0.25) is 0 Å². The van der Waals surface area contributed by atoms with Gasteiger partial charge in [-0.15, -0.1) is 0 Å². The Kier molecular flexibility index (Phi) is 4.12. The summed E-state index contributed by atoms with van der Waals surface area (Å²) in [5, 5.41) is 1.26. The first kappa shape index (κ1) is 13.2. The molecule has 0 bridgehead atoms. The molecule has 0 radical (unpaired) electrons. The van der Waals surface area contributed by atoms with Crippen molar-refractivity contribution in [2.24, 2.45) is 5.73 Å². The molecule has 0 aliphatic heterocycles. The van der Waals surface area contributed by atoms with Crippen LogP contribution in [0.15, 0.2) is 36.4 Å². The van der Waals surface area contributed by atoms with E-state index in [1.807, 2.05) is 25.1 Å². The minimum Gasteiger partial charge on any atom is -0.455 e. The molecule has 0 aromatic heterocycles. The van der Waals surface area contributed by atoms with Crippen molar-refractivity contribution in [3.8, 4) is 11.5 Å². The van der Waals surface area contributed by atoms with Crippen molar-refractivity contribution in [2.45, 2.75) is 13.5 Å². The monoisotopic (exact) mass is 281 g/mol. The minimum absolute atomic E-state index is 0.377. The molecule has 0 aliphatic rings.